The lowest BCUT2D eigenvalue weighted by atomic mass is 10.2. The third-order valence-corrected chi connectivity index (χ3v) is 3.41. The van der Waals surface area contributed by atoms with Crippen molar-refractivity contribution in [2.24, 2.45) is 0 Å². The fourth-order valence-electron chi connectivity index (χ4n) is 2.16. The summed E-state index contributed by atoms with van der Waals surface area (Å²) in [5.74, 6) is 2.28. The number of aryl methyl sites for hydroxylation is 1. The average Bonchev–Trinajstić information content (AvgIpc) is 2.94. The molecule has 0 atom stereocenters. The number of rotatable bonds is 5. The molecule has 6 nitrogen and oxygen atoms in total. The Hall–Kier alpha value is -2.76. The lowest BCUT2D eigenvalue weighted by molar-refractivity contribution is 0.293. The lowest BCUT2D eigenvalue weighted by Gasteiger charge is -2.07. The second kappa shape index (κ2) is 5.93. The van der Waals surface area contributed by atoms with Crippen molar-refractivity contribution < 1.29 is 9.47 Å². The van der Waals surface area contributed by atoms with E-state index in [4.69, 9.17) is 15.2 Å². The highest BCUT2D eigenvalue weighted by Gasteiger charge is 2.10. The van der Waals surface area contributed by atoms with E-state index < -0.39 is 0 Å². The Morgan fingerprint density at radius 3 is 2.41 bits per heavy atom. The number of benzene rings is 1. The van der Waals surface area contributed by atoms with Crippen LogP contribution in [0.3, 0.4) is 0 Å². The first-order valence-corrected chi connectivity index (χ1v) is 7.13. The first kappa shape index (κ1) is 14.2. The lowest BCUT2D eigenvalue weighted by Crippen LogP contribution is -2.02. The summed E-state index contributed by atoms with van der Waals surface area (Å²) in [4.78, 5) is 0. The van der Waals surface area contributed by atoms with Crippen molar-refractivity contribution in [1.29, 1.82) is 0 Å². The largest absolute Gasteiger partial charge is 0.494 e. The molecule has 22 heavy (non-hydrogen) atoms. The van der Waals surface area contributed by atoms with Gasteiger partial charge in [-0.25, -0.2) is 0 Å². The molecule has 114 valence electrons. The van der Waals surface area contributed by atoms with Gasteiger partial charge < -0.3 is 15.2 Å². The minimum Gasteiger partial charge on any atom is -0.494 e. The van der Waals surface area contributed by atoms with E-state index in [9.17, 15) is 0 Å². The Morgan fingerprint density at radius 1 is 1.05 bits per heavy atom. The van der Waals surface area contributed by atoms with Gasteiger partial charge in [0.25, 0.3) is 0 Å². The summed E-state index contributed by atoms with van der Waals surface area (Å²) in [5, 5.41) is 8.26. The number of hydrogen-bond donors (Lipinski definition) is 1. The standard InChI is InChI=1S/C16H18N4O2/c1-3-21-12-4-6-13(7-5-12)22-10-14-18-19-16-15(17)11(2)8-9-20(14)16/h4-9H,3,10,17H2,1-2H3. The van der Waals surface area contributed by atoms with Crippen molar-refractivity contribution in [3.05, 3.63) is 47.9 Å². The molecule has 0 radical (unpaired) electrons. The van der Waals surface area contributed by atoms with E-state index in [1.54, 1.807) is 0 Å². The molecule has 0 unspecified atom stereocenters. The number of nitrogens with two attached hydrogens (primary N) is 1. The quantitative estimate of drug-likeness (QED) is 0.783. The van der Waals surface area contributed by atoms with Crippen LogP contribution in [0, 0.1) is 6.92 Å². The van der Waals surface area contributed by atoms with Crippen molar-refractivity contribution in [1.82, 2.24) is 14.6 Å². The molecular formula is C16H18N4O2. The summed E-state index contributed by atoms with van der Waals surface area (Å²) >= 11 is 0. The van der Waals surface area contributed by atoms with Crippen LogP contribution >= 0.6 is 0 Å². The molecule has 0 saturated carbocycles. The molecule has 0 aliphatic carbocycles. The van der Waals surface area contributed by atoms with Crippen LogP contribution in [0.1, 0.15) is 18.3 Å². The highest BCUT2D eigenvalue weighted by Crippen LogP contribution is 2.20. The van der Waals surface area contributed by atoms with E-state index in [0.717, 1.165) is 17.1 Å². The maximum absolute atomic E-state index is 6.01. The van der Waals surface area contributed by atoms with Crippen molar-refractivity contribution >= 4 is 11.3 Å². The molecule has 0 bridgehead atoms. The summed E-state index contributed by atoms with van der Waals surface area (Å²) in [6.07, 6.45) is 1.90. The van der Waals surface area contributed by atoms with Crippen LogP contribution in [0.15, 0.2) is 36.5 Å². The zero-order chi connectivity index (χ0) is 15.5. The maximum Gasteiger partial charge on any atom is 0.184 e. The fourth-order valence-corrected chi connectivity index (χ4v) is 2.16. The van der Waals surface area contributed by atoms with Gasteiger partial charge in [0, 0.05) is 6.20 Å². The maximum atomic E-state index is 6.01. The van der Waals surface area contributed by atoms with Crippen molar-refractivity contribution in [3.63, 3.8) is 0 Å². The molecule has 0 spiro atoms. The summed E-state index contributed by atoms with van der Waals surface area (Å²) in [6, 6.07) is 9.43. The third-order valence-electron chi connectivity index (χ3n) is 3.41. The fraction of sp³-hybridized carbons (Fsp3) is 0.250. The topological polar surface area (TPSA) is 74.7 Å². The van der Waals surface area contributed by atoms with E-state index in [0.29, 0.717) is 30.4 Å². The molecular weight excluding hydrogens is 280 g/mol. The van der Waals surface area contributed by atoms with Gasteiger partial charge in [0.2, 0.25) is 0 Å². The molecule has 0 fully saturated rings. The van der Waals surface area contributed by atoms with Crippen LogP contribution in [-0.2, 0) is 6.61 Å². The Bertz CT molecular complexity index is 781. The predicted molar refractivity (Wildman–Crippen MR) is 84.1 cm³/mol. The summed E-state index contributed by atoms with van der Waals surface area (Å²) in [6.45, 7) is 4.86. The molecule has 1 aromatic carbocycles. The highest BCUT2D eigenvalue weighted by molar-refractivity contribution is 5.68. The van der Waals surface area contributed by atoms with Gasteiger partial charge in [0.15, 0.2) is 11.5 Å². The van der Waals surface area contributed by atoms with Gasteiger partial charge in [0.1, 0.15) is 18.1 Å². The number of fused-ring (bicyclic) bond motifs is 1. The molecule has 2 aromatic heterocycles. The zero-order valence-corrected chi connectivity index (χ0v) is 12.6. The normalized spacial score (nSPS) is 10.8. The van der Waals surface area contributed by atoms with Gasteiger partial charge >= 0.3 is 0 Å². The van der Waals surface area contributed by atoms with Gasteiger partial charge in [-0.05, 0) is 49.7 Å². The minimum atomic E-state index is 0.317. The zero-order valence-electron chi connectivity index (χ0n) is 12.6. The van der Waals surface area contributed by atoms with Crippen molar-refractivity contribution in [2.75, 3.05) is 12.3 Å². The third kappa shape index (κ3) is 2.67. The molecule has 6 heteroatoms. The van der Waals surface area contributed by atoms with E-state index in [1.807, 2.05) is 54.8 Å². The van der Waals surface area contributed by atoms with Crippen LogP contribution in [-0.4, -0.2) is 21.2 Å². The number of ether oxygens (including phenoxy) is 2. The van der Waals surface area contributed by atoms with Gasteiger partial charge in [0.05, 0.1) is 12.3 Å². The Balaban J connectivity index is 1.75. The van der Waals surface area contributed by atoms with Gasteiger partial charge in [-0.1, -0.05) is 0 Å². The number of anilines is 1. The Morgan fingerprint density at radius 2 is 1.73 bits per heavy atom. The number of hydrogen-bond acceptors (Lipinski definition) is 5. The second-order valence-corrected chi connectivity index (χ2v) is 4.92. The first-order chi connectivity index (χ1) is 10.7. The molecule has 0 amide bonds. The van der Waals surface area contributed by atoms with Gasteiger partial charge in [-0.2, -0.15) is 0 Å². The van der Waals surface area contributed by atoms with Crippen LogP contribution < -0.4 is 15.2 Å². The van der Waals surface area contributed by atoms with Crippen molar-refractivity contribution in [3.8, 4) is 11.5 Å². The highest BCUT2D eigenvalue weighted by atomic mass is 16.5. The summed E-state index contributed by atoms with van der Waals surface area (Å²) in [7, 11) is 0. The van der Waals surface area contributed by atoms with Crippen LogP contribution in [0.5, 0.6) is 11.5 Å². The first-order valence-electron chi connectivity index (χ1n) is 7.13. The SMILES string of the molecule is CCOc1ccc(OCc2nnc3c(N)c(C)ccn23)cc1. The van der Waals surface area contributed by atoms with Crippen LogP contribution in [0.25, 0.3) is 5.65 Å². The molecule has 0 saturated heterocycles. The van der Waals surface area contributed by atoms with Gasteiger partial charge in [-0.15, -0.1) is 10.2 Å². The molecule has 2 heterocycles. The molecule has 2 N–H and O–H groups in total. The number of nitrogens with zero attached hydrogens (tertiary/aromatic N) is 3. The van der Waals surface area contributed by atoms with Crippen LogP contribution in [0.2, 0.25) is 0 Å². The van der Waals surface area contributed by atoms with E-state index in [-0.39, 0.29) is 0 Å². The van der Waals surface area contributed by atoms with E-state index in [1.165, 1.54) is 0 Å². The Labute approximate surface area is 128 Å². The monoisotopic (exact) mass is 298 g/mol. The summed E-state index contributed by atoms with van der Waals surface area (Å²) in [5.41, 5.74) is 8.29. The molecule has 0 aliphatic heterocycles. The van der Waals surface area contributed by atoms with E-state index in [2.05, 4.69) is 10.2 Å². The molecule has 0 aliphatic rings. The number of aromatic nitrogens is 3. The number of nitrogen functional groups attached to an aromatic ring is 1. The minimum absolute atomic E-state index is 0.317. The van der Waals surface area contributed by atoms with Crippen molar-refractivity contribution in [2.45, 2.75) is 20.5 Å². The average molecular weight is 298 g/mol. The predicted octanol–water partition coefficient (Wildman–Crippen LogP) is 2.60. The smallest absolute Gasteiger partial charge is 0.184 e. The van der Waals surface area contributed by atoms with E-state index >= 15 is 0 Å². The van der Waals surface area contributed by atoms with Crippen LogP contribution in [0.4, 0.5) is 5.69 Å². The molecule has 3 rings (SSSR count). The van der Waals surface area contributed by atoms with Gasteiger partial charge in [-0.3, -0.25) is 4.40 Å². The summed E-state index contributed by atoms with van der Waals surface area (Å²) < 4.78 is 13.0. The molecule has 3 aromatic rings. The number of pyridine rings is 1. The second-order valence-electron chi connectivity index (χ2n) is 4.92. The Kier molecular flexibility index (Phi) is 3.82.